The van der Waals surface area contributed by atoms with Gasteiger partial charge >= 0.3 is 0 Å². The lowest BCUT2D eigenvalue weighted by atomic mass is 10.2. The number of rotatable bonds is 4. The number of nitrogens with zero attached hydrogens (tertiary/aromatic N) is 2. The van der Waals surface area contributed by atoms with E-state index in [2.05, 4.69) is 4.98 Å². The lowest BCUT2D eigenvalue weighted by molar-refractivity contribution is 0.281. The van der Waals surface area contributed by atoms with Crippen LogP contribution in [0.15, 0.2) is 42.5 Å². The van der Waals surface area contributed by atoms with Crippen molar-refractivity contribution in [3.05, 3.63) is 54.1 Å². The molecular formula is C16H14F2N2O. The summed E-state index contributed by atoms with van der Waals surface area (Å²) in [4.78, 5) is 4.41. The molecule has 0 unspecified atom stereocenters. The van der Waals surface area contributed by atoms with Crippen molar-refractivity contribution in [1.29, 1.82) is 0 Å². The van der Waals surface area contributed by atoms with E-state index in [4.69, 9.17) is 5.11 Å². The van der Waals surface area contributed by atoms with Crippen LogP contribution in [0.1, 0.15) is 6.42 Å². The molecule has 3 nitrogen and oxygen atoms in total. The molecule has 1 N–H and O–H groups in total. The second kappa shape index (κ2) is 5.61. The predicted octanol–water partition coefficient (Wildman–Crippen LogP) is 3.36. The Morgan fingerprint density at radius 2 is 1.76 bits per heavy atom. The van der Waals surface area contributed by atoms with Crippen LogP contribution >= 0.6 is 0 Å². The van der Waals surface area contributed by atoms with Crippen LogP contribution in [0.4, 0.5) is 8.78 Å². The minimum absolute atomic E-state index is 0.0254. The molecule has 0 saturated carbocycles. The van der Waals surface area contributed by atoms with Crippen molar-refractivity contribution in [2.75, 3.05) is 6.61 Å². The maximum atomic E-state index is 13.5. The largest absolute Gasteiger partial charge is 0.396 e. The number of fused-ring (bicyclic) bond motifs is 1. The van der Waals surface area contributed by atoms with Crippen LogP contribution in [0.3, 0.4) is 0 Å². The van der Waals surface area contributed by atoms with E-state index < -0.39 is 11.6 Å². The van der Waals surface area contributed by atoms with Crippen molar-refractivity contribution in [1.82, 2.24) is 9.55 Å². The molecule has 0 aliphatic carbocycles. The standard InChI is InChI=1S/C16H14F2N2O/c17-12-9-14-15(10-13(12)18)20(7-4-8-21)16(19-14)11-5-2-1-3-6-11/h1-3,5-6,9-10,21H,4,7-8H2. The fraction of sp³-hybridized carbons (Fsp3) is 0.188. The number of aliphatic hydroxyl groups excluding tert-OH is 1. The van der Waals surface area contributed by atoms with Gasteiger partial charge in [0.2, 0.25) is 0 Å². The van der Waals surface area contributed by atoms with Crippen molar-refractivity contribution >= 4 is 11.0 Å². The molecule has 3 aromatic rings. The molecule has 2 aromatic carbocycles. The van der Waals surface area contributed by atoms with Crippen molar-refractivity contribution in [3.8, 4) is 11.4 Å². The first-order valence-electron chi connectivity index (χ1n) is 6.72. The summed E-state index contributed by atoms with van der Waals surface area (Å²) in [6.07, 6.45) is 0.518. The minimum Gasteiger partial charge on any atom is -0.396 e. The second-order valence-electron chi connectivity index (χ2n) is 4.79. The molecule has 0 bridgehead atoms. The zero-order valence-corrected chi connectivity index (χ0v) is 11.3. The third kappa shape index (κ3) is 2.52. The average Bonchev–Trinajstić information content (AvgIpc) is 2.84. The van der Waals surface area contributed by atoms with Crippen LogP contribution in [0, 0.1) is 11.6 Å². The molecule has 1 aromatic heterocycles. The lowest BCUT2D eigenvalue weighted by Gasteiger charge is -2.08. The summed E-state index contributed by atoms with van der Waals surface area (Å²) < 4.78 is 28.7. The lowest BCUT2D eigenvalue weighted by Crippen LogP contribution is -2.02. The van der Waals surface area contributed by atoms with Crippen LogP contribution in [0.5, 0.6) is 0 Å². The average molecular weight is 288 g/mol. The van der Waals surface area contributed by atoms with Crippen molar-refractivity contribution in [2.45, 2.75) is 13.0 Å². The van der Waals surface area contributed by atoms with Gasteiger partial charge in [0, 0.05) is 30.8 Å². The van der Waals surface area contributed by atoms with Gasteiger partial charge in [0.25, 0.3) is 0 Å². The predicted molar refractivity (Wildman–Crippen MR) is 76.8 cm³/mol. The van der Waals surface area contributed by atoms with Gasteiger partial charge < -0.3 is 9.67 Å². The molecule has 0 radical (unpaired) electrons. The van der Waals surface area contributed by atoms with Gasteiger partial charge in [-0.3, -0.25) is 0 Å². The quantitative estimate of drug-likeness (QED) is 0.799. The Morgan fingerprint density at radius 3 is 2.48 bits per heavy atom. The van der Waals surface area contributed by atoms with Crippen LogP contribution < -0.4 is 0 Å². The Hall–Kier alpha value is -2.27. The van der Waals surface area contributed by atoms with Gasteiger partial charge in [0.1, 0.15) is 5.82 Å². The first-order valence-corrected chi connectivity index (χ1v) is 6.72. The molecule has 0 saturated heterocycles. The third-order valence-corrected chi connectivity index (χ3v) is 3.36. The van der Waals surface area contributed by atoms with Crippen molar-refractivity contribution in [2.24, 2.45) is 0 Å². The number of halogens is 2. The Balaban J connectivity index is 2.22. The highest BCUT2D eigenvalue weighted by atomic mass is 19.2. The van der Waals surface area contributed by atoms with Crippen molar-refractivity contribution in [3.63, 3.8) is 0 Å². The molecule has 5 heteroatoms. The first-order chi connectivity index (χ1) is 10.2. The van der Waals surface area contributed by atoms with E-state index in [1.54, 1.807) is 0 Å². The Morgan fingerprint density at radius 1 is 1.05 bits per heavy atom. The highest BCUT2D eigenvalue weighted by Gasteiger charge is 2.15. The third-order valence-electron chi connectivity index (χ3n) is 3.36. The number of aromatic nitrogens is 2. The second-order valence-corrected chi connectivity index (χ2v) is 4.79. The smallest absolute Gasteiger partial charge is 0.161 e. The van der Waals surface area contributed by atoms with Crippen LogP contribution in [0.25, 0.3) is 22.4 Å². The number of imidazole rings is 1. The number of aliphatic hydroxyl groups is 1. The molecule has 108 valence electrons. The summed E-state index contributed by atoms with van der Waals surface area (Å²) in [5.74, 6) is -1.16. The summed E-state index contributed by atoms with van der Waals surface area (Å²) in [5, 5.41) is 9.03. The van der Waals surface area contributed by atoms with Crippen molar-refractivity contribution < 1.29 is 13.9 Å². The van der Waals surface area contributed by atoms with Crippen LogP contribution in [-0.2, 0) is 6.54 Å². The Bertz CT molecular complexity index is 769. The molecule has 3 rings (SSSR count). The molecule has 0 fully saturated rings. The first kappa shape index (κ1) is 13.7. The Labute approximate surface area is 120 Å². The SMILES string of the molecule is OCCCn1c(-c2ccccc2)nc2cc(F)c(F)cc21. The number of benzene rings is 2. The summed E-state index contributed by atoms with van der Waals surface area (Å²) in [7, 11) is 0. The minimum atomic E-state index is -0.908. The molecular weight excluding hydrogens is 274 g/mol. The molecule has 1 heterocycles. The van der Waals surface area contributed by atoms with Gasteiger partial charge in [-0.15, -0.1) is 0 Å². The topological polar surface area (TPSA) is 38.0 Å². The highest BCUT2D eigenvalue weighted by Crippen LogP contribution is 2.26. The molecule has 0 aliphatic heterocycles. The maximum Gasteiger partial charge on any atom is 0.161 e. The summed E-state index contributed by atoms with van der Waals surface area (Å²) in [6.45, 7) is 0.514. The van der Waals surface area contributed by atoms with Gasteiger partial charge in [-0.25, -0.2) is 13.8 Å². The number of hydrogen-bond donors (Lipinski definition) is 1. The molecule has 0 aliphatic rings. The van der Waals surface area contributed by atoms with Gasteiger partial charge in [-0.1, -0.05) is 30.3 Å². The molecule has 0 amide bonds. The van der Waals surface area contributed by atoms with Crippen LogP contribution in [0.2, 0.25) is 0 Å². The van der Waals surface area contributed by atoms with Gasteiger partial charge in [0.05, 0.1) is 11.0 Å². The van der Waals surface area contributed by atoms with E-state index in [9.17, 15) is 8.78 Å². The van der Waals surface area contributed by atoms with E-state index in [1.807, 2.05) is 34.9 Å². The number of aryl methyl sites for hydroxylation is 1. The van der Waals surface area contributed by atoms with E-state index in [0.717, 1.165) is 17.7 Å². The normalized spacial score (nSPS) is 11.2. The molecule has 21 heavy (non-hydrogen) atoms. The summed E-state index contributed by atoms with van der Waals surface area (Å²) >= 11 is 0. The number of hydrogen-bond acceptors (Lipinski definition) is 2. The molecule has 0 spiro atoms. The van der Waals surface area contributed by atoms with E-state index in [1.165, 1.54) is 0 Å². The monoisotopic (exact) mass is 288 g/mol. The fourth-order valence-corrected chi connectivity index (χ4v) is 2.38. The Kier molecular flexibility index (Phi) is 3.66. The van der Waals surface area contributed by atoms with Gasteiger partial charge in [-0.05, 0) is 6.42 Å². The zero-order chi connectivity index (χ0) is 14.8. The zero-order valence-electron chi connectivity index (χ0n) is 11.3. The summed E-state index contributed by atoms with van der Waals surface area (Å²) in [6, 6.07) is 11.7. The van der Waals surface area contributed by atoms with Gasteiger partial charge in [0.15, 0.2) is 11.6 Å². The van der Waals surface area contributed by atoms with E-state index >= 15 is 0 Å². The summed E-state index contributed by atoms with van der Waals surface area (Å²) in [5.41, 5.74) is 1.80. The highest BCUT2D eigenvalue weighted by molar-refractivity contribution is 5.80. The fourth-order valence-electron chi connectivity index (χ4n) is 2.38. The van der Waals surface area contributed by atoms with E-state index in [0.29, 0.717) is 29.8 Å². The van der Waals surface area contributed by atoms with Gasteiger partial charge in [-0.2, -0.15) is 0 Å². The maximum absolute atomic E-state index is 13.5. The van der Waals surface area contributed by atoms with E-state index in [-0.39, 0.29) is 6.61 Å². The molecule has 0 atom stereocenters. The van der Waals surface area contributed by atoms with Crippen LogP contribution in [-0.4, -0.2) is 21.3 Å².